The molecule has 3 heterocycles. The van der Waals surface area contributed by atoms with Gasteiger partial charge in [0.25, 0.3) is 0 Å². The Hall–Kier alpha value is -2.45. The van der Waals surface area contributed by atoms with Crippen molar-refractivity contribution in [3.63, 3.8) is 0 Å². The first-order valence-electron chi connectivity index (χ1n) is 10.4. The highest BCUT2D eigenvalue weighted by molar-refractivity contribution is 7.89. The highest BCUT2D eigenvalue weighted by Crippen LogP contribution is 2.34. The molecule has 2 N–H and O–H groups in total. The number of nitrogens with one attached hydrogen (secondary N) is 2. The molecule has 1 unspecified atom stereocenters. The number of rotatable bonds is 4. The summed E-state index contributed by atoms with van der Waals surface area (Å²) in [7, 11) is -1.17. The van der Waals surface area contributed by atoms with E-state index in [0.29, 0.717) is 12.0 Å². The van der Waals surface area contributed by atoms with Crippen molar-refractivity contribution in [2.75, 3.05) is 40.7 Å². The maximum Gasteiger partial charge on any atom is 0.229 e. The Kier molecular flexibility index (Phi) is 5.20. The fourth-order valence-corrected chi connectivity index (χ4v) is 5.50. The monoisotopic (exact) mass is 410 g/mol. The number of fused-ring (bicyclic) bond motifs is 1. The average Bonchev–Trinajstić information content (AvgIpc) is 3.29. The van der Waals surface area contributed by atoms with Crippen LogP contribution in [0.25, 0.3) is 6.08 Å². The zero-order valence-corrected chi connectivity index (χ0v) is 17.2. The molecule has 5 rings (SSSR count). The first-order valence-corrected chi connectivity index (χ1v) is 11.5. The van der Waals surface area contributed by atoms with Gasteiger partial charge in [0, 0.05) is 60.8 Å². The molecule has 0 amide bonds. The molecule has 2 aliphatic heterocycles. The molecular formula is C21H26N6OS. The van der Waals surface area contributed by atoms with Crippen LogP contribution < -0.4 is 19.8 Å². The van der Waals surface area contributed by atoms with Gasteiger partial charge in [0.2, 0.25) is 5.95 Å². The molecule has 7 nitrogen and oxygen atoms in total. The lowest BCUT2D eigenvalue weighted by Gasteiger charge is -2.30. The summed E-state index contributed by atoms with van der Waals surface area (Å²) in [6, 6.07) is 8.68. The van der Waals surface area contributed by atoms with Crippen molar-refractivity contribution in [3.8, 4) is 0 Å². The molecule has 1 saturated heterocycles. The molecule has 1 aromatic carbocycles. The molecule has 1 aliphatic carbocycles. The molecular weight excluding hydrogens is 384 g/mol. The lowest BCUT2D eigenvalue weighted by Crippen LogP contribution is -2.43. The topological polar surface area (TPSA) is 73.4 Å². The lowest BCUT2D eigenvalue weighted by atomic mass is 10.2. The Bertz CT molecular complexity index is 919. The van der Waals surface area contributed by atoms with Crippen LogP contribution in [0.15, 0.2) is 35.9 Å². The van der Waals surface area contributed by atoms with Gasteiger partial charge in [-0.15, -0.1) is 0 Å². The normalized spacial score (nSPS) is 22.0. The van der Waals surface area contributed by atoms with Crippen molar-refractivity contribution >= 4 is 40.2 Å². The molecule has 0 bridgehead atoms. The van der Waals surface area contributed by atoms with Gasteiger partial charge in [-0.3, -0.25) is 4.31 Å². The Morgan fingerprint density at radius 3 is 2.62 bits per heavy atom. The molecule has 1 aromatic heterocycles. The molecule has 152 valence electrons. The maximum absolute atomic E-state index is 12.7. The number of piperazine rings is 1. The summed E-state index contributed by atoms with van der Waals surface area (Å²) in [4.78, 5) is 11.6. The van der Waals surface area contributed by atoms with Crippen molar-refractivity contribution in [2.45, 2.75) is 31.7 Å². The molecule has 2 fully saturated rings. The van der Waals surface area contributed by atoms with Crippen LogP contribution in [0.1, 0.15) is 31.2 Å². The quantitative estimate of drug-likeness (QED) is 0.807. The third kappa shape index (κ3) is 3.86. The first-order chi connectivity index (χ1) is 14.3. The van der Waals surface area contributed by atoms with Gasteiger partial charge < -0.3 is 15.5 Å². The van der Waals surface area contributed by atoms with Crippen LogP contribution in [0.5, 0.6) is 0 Å². The minimum absolute atomic E-state index is 0.292. The Labute approximate surface area is 173 Å². The maximum atomic E-state index is 12.7. The molecule has 2 aromatic rings. The van der Waals surface area contributed by atoms with Crippen LogP contribution in [-0.4, -0.2) is 46.4 Å². The SMILES string of the molecule is O=S1C=Cc2cnc(Nc3ccc(N4CCNCC4)cc3)nc2N1C1CCCC1. The first kappa shape index (κ1) is 18.6. The highest BCUT2D eigenvalue weighted by Gasteiger charge is 2.31. The van der Waals surface area contributed by atoms with Crippen LogP contribution in [0, 0.1) is 0 Å². The van der Waals surface area contributed by atoms with Crippen molar-refractivity contribution in [2.24, 2.45) is 0 Å². The van der Waals surface area contributed by atoms with E-state index in [2.05, 4.69) is 44.8 Å². The van der Waals surface area contributed by atoms with Gasteiger partial charge >= 0.3 is 0 Å². The van der Waals surface area contributed by atoms with Crippen molar-refractivity contribution in [1.29, 1.82) is 0 Å². The summed E-state index contributed by atoms with van der Waals surface area (Å²) >= 11 is 0. The van der Waals surface area contributed by atoms with E-state index >= 15 is 0 Å². The number of aromatic nitrogens is 2. The van der Waals surface area contributed by atoms with E-state index in [4.69, 9.17) is 4.98 Å². The fraction of sp³-hybridized carbons (Fsp3) is 0.429. The molecule has 8 heteroatoms. The standard InChI is InChI=1S/C21H26N6OS/c28-29-14-9-16-15-23-21(25-20(16)27(29)19-3-1-2-4-19)24-17-5-7-18(8-6-17)26-12-10-22-11-13-26/h5-9,14-15,19,22H,1-4,10-13H2,(H,23,24,25). The summed E-state index contributed by atoms with van der Waals surface area (Å²) in [5.41, 5.74) is 3.11. The lowest BCUT2D eigenvalue weighted by molar-refractivity contribution is 0.589. The molecule has 1 saturated carbocycles. The molecule has 29 heavy (non-hydrogen) atoms. The predicted molar refractivity (Wildman–Crippen MR) is 119 cm³/mol. The predicted octanol–water partition coefficient (Wildman–Crippen LogP) is 3.03. The number of anilines is 4. The van der Waals surface area contributed by atoms with Gasteiger partial charge in [-0.25, -0.2) is 9.19 Å². The van der Waals surface area contributed by atoms with Gasteiger partial charge in [-0.1, -0.05) is 12.8 Å². The molecule has 1 atom stereocenters. The second-order valence-electron chi connectivity index (χ2n) is 7.72. The summed E-state index contributed by atoms with van der Waals surface area (Å²) in [5, 5.41) is 8.43. The third-order valence-electron chi connectivity index (χ3n) is 5.82. The Morgan fingerprint density at radius 2 is 1.86 bits per heavy atom. The summed E-state index contributed by atoms with van der Waals surface area (Å²) in [6.07, 6.45) is 8.19. The van der Waals surface area contributed by atoms with E-state index in [-0.39, 0.29) is 0 Å². The Morgan fingerprint density at radius 1 is 1.10 bits per heavy atom. The van der Waals surface area contributed by atoms with E-state index in [0.717, 1.165) is 56.1 Å². The largest absolute Gasteiger partial charge is 0.369 e. The van der Waals surface area contributed by atoms with Gasteiger partial charge in [-0.2, -0.15) is 4.98 Å². The van der Waals surface area contributed by atoms with Crippen LogP contribution in [-0.2, 0) is 11.0 Å². The fourth-order valence-electron chi connectivity index (χ4n) is 4.29. The minimum atomic E-state index is -1.17. The van der Waals surface area contributed by atoms with E-state index in [1.165, 1.54) is 18.5 Å². The van der Waals surface area contributed by atoms with E-state index < -0.39 is 11.0 Å². The number of nitrogens with zero attached hydrogens (tertiary/aromatic N) is 4. The minimum Gasteiger partial charge on any atom is -0.369 e. The van der Waals surface area contributed by atoms with Gasteiger partial charge in [-0.05, 0) is 43.2 Å². The van der Waals surface area contributed by atoms with Crippen LogP contribution in [0.4, 0.5) is 23.1 Å². The highest BCUT2D eigenvalue weighted by atomic mass is 32.2. The zero-order chi connectivity index (χ0) is 19.6. The number of hydrogen-bond donors (Lipinski definition) is 2. The average molecular weight is 411 g/mol. The van der Waals surface area contributed by atoms with Crippen molar-refractivity contribution in [3.05, 3.63) is 41.4 Å². The molecule has 3 aliphatic rings. The van der Waals surface area contributed by atoms with Gasteiger partial charge in [0.05, 0.1) is 0 Å². The van der Waals surface area contributed by atoms with E-state index in [1.54, 1.807) is 5.41 Å². The summed E-state index contributed by atoms with van der Waals surface area (Å²) in [5.74, 6) is 1.31. The molecule has 0 radical (unpaired) electrons. The zero-order valence-electron chi connectivity index (χ0n) is 16.4. The molecule has 0 spiro atoms. The smallest absolute Gasteiger partial charge is 0.229 e. The number of benzene rings is 1. The third-order valence-corrected chi connectivity index (χ3v) is 7.05. The van der Waals surface area contributed by atoms with Crippen molar-refractivity contribution < 1.29 is 4.21 Å². The Balaban J connectivity index is 1.36. The van der Waals surface area contributed by atoms with Crippen LogP contribution in [0.2, 0.25) is 0 Å². The van der Waals surface area contributed by atoms with E-state index in [9.17, 15) is 4.21 Å². The van der Waals surface area contributed by atoms with E-state index in [1.807, 2.05) is 16.6 Å². The summed E-state index contributed by atoms with van der Waals surface area (Å²) in [6.45, 7) is 4.11. The van der Waals surface area contributed by atoms with Gasteiger partial charge in [0.15, 0.2) is 5.82 Å². The van der Waals surface area contributed by atoms with Gasteiger partial charge in [0.1, 0.15) is 11.0 Å². The van der Waals surface area contributed by atoms with Crippen LogP contribution in [0.3, 0.4) is 0 Å². The second kappa shape index (κ2) is 8.12. The number of hydrogen-bond acceptors (Lipinski definition) is 6. The van der Waals surface area contributed by atoms with Crippen LogP contribution >= 0.6 is 0 Å². The second-order valence-corrected chi connectivity index (χ2v) is 8.94. The van der Waals surface area contributed by atoms with Crippen molar-refractivity contribution in [1.82, 2.24) is 15.3 Å². The summed E-state index contributed by atoms with van der Waals surface area (Å²) < 4.78 is 14.6.